The Hall–Kier alpha value is -3.75. The number of nitro benzene ring substituents is 1. The molecule has 9 heteroatoms. The van der Waals surface area contributed by atoms with Gasteiger partial charge >= 0.3 is 0 Å². The van der Waals surface area contributed by atoms with Crippen LogP contribution >= 0.6 is 0 Å². The van der Waals surface area contributed by atoms with Crippen LogP contribution in [0.15, 0.2) is 42.5 Å². The van der Waals surface area contributed by atoms with Gasteiger partial charge in [-0.15, -0.1) is 0 Å². The first-order valence-electron chi connectivity index (χ1n) is 9.35. The molecular weight excluding hydrogens is 372 g/mol. The topological polar surface area (TPSA) is 117 Å². The minimum Gasteiger partial charge on any atom is -0.366 e. The van der Waals surface area contributed by atoms with Crippen LogP contribution < -0.4 is 10.2 Å². The third-order valence-corrected chi connectivity index (χ3v) is 4.88. The summed E-state index contributed by atoms with van der Waals surface area (Å²) in [5.41, 5.74) is 2.16. The lowest BCUT2D eigenvalue weighted by molar-refractivity contribution is -0.384. The number of nitrogens with one attached hydrogen (secondary N) is 2. The molecule has 1 aromatic heterocycles. The van der Waals surface area contributed by atoms with Gasteiger partial charge in [0.05, 0.1) is 4.92 Å². The molecule has 3 aromatic rings. The molecule has 1 amide bonds. The molecule has 0 spiro atoms. The fourth-order valence-corrected chi connectivity index (χ4v) is 3.41. The summed E-state index contributed by atoms with van der Waals surface area (Å²) in [4.78, 5) is 29.9. The Morgan fingerprint density at radius 2 is 1.90 bits per heavy atom. The van der Waals surface area contributed by atoms with Crippen molar-refractivity contribution in [2.45, 2.75) is 19.8 Å². The van der Waals surface area contributed by atoms with Crippen molar-refractivity contribution in [1.82, 2.24) is 15.2 Å². The lowest BCUT2D eigenvalue weighted by atomic mass is 10.1. The zero-order valence-electron chi connectivity index (χ0n) is 15.9. The van der Waals surface area contributed by atoms with Gasteiger partial charge in [0.1, 0.15) is 11.5 Å². The van der Waals surface area contributed by atoms with E-state index in [1.165, 1.54) is 6.07 Å². The molecule has 4 rings (SSSR count). The van der Waals surface area contributed by atoms with Crippen LogP contribution in [0, 0.1) is 17.0 Å². The molecule has 0 saturated carbocycles. The van der Waals surface area contributed by atoms with Crippen molar-refractivity contribution in [2.24, 2.45) is 0 Å². The molecule has 0 bridgehead atoms. The highest BCUT2D eigenvalue weighted by molar-refractivity contribution is 6.05. The fraction of sp³-hybridized carbons (Fsp3) is 0.250. The van der Waals surface area contributed by atoms with Crippen LogP contribution in [0.3, 0.4) is 0 Å². The minimum atomic E-state index is -0.432. The highest BCUT2D eigenvalue weighted by atomic mass is 16.6. The summed E-state index contributed by atoms with van der Waals surface area (Å²) in [5, 5.41) is 21.2. The van der Waals surface area contributed by atoms with Crippen LogP contribution in [0.4, 0.5) is 17.1 Å². The Balaban J connectivity index is 1.52. The van der Waals surface area contributed by atoms with Crippen LogP contribution in [0.2, 0.25) is 0 Å². The van der Waals surface area contributed by atoms with E-state index < -0.39 is 10.8 Å². The number of aromatic nitrogens is 3. The van der Waals surface area contributed by atoms with Gasteiger partial charge in [0, 0.05) is 36.0 Å². The Bertz CT molecular complexity index is 1050. The number of carbonyl (C=O) groups is 1. The van der Waals surface area contributed by atoms with Crippen molar-refractivity contribution in [3.05, 3.63) is 64.0 Å². The molecule has 148 valence electrons. The number of hydrogen-bond acceptors (Lipinski definition) is 6. The molecule has 2 heterocycles. The number of aromatic amines is 1. The zero-order valence-corrected chi connectivity index (χ0v) is 15.9. The maximum atomic E-state index is 12.6. The highest BCUT2D eigenvalue weighted by Crippen LogP contribution is 2.32. The predicted octanol–water partition coefficient (Wildman–Crippen LogP) is 3.54. The Morgan fingerprint density at radius 3 is 2.52 bits per heavy atom. The van der Waals surface area contributed by atoms with Gasteiger partial charge in [-0.05, 0) is 56.2 Å². The molecule has 1 aliphatic heterocycles. The fourth-order valence-electron chi connectivity index (χ4n) is 3.41. The Kier molecular flexibility index (Phi) is 4.94. The van der Waals surface area contributed by atoms with Crippen molar-refractivity contribution >= 4 is 23.0 Å². The normalized spacial score (nSPS) is 13.5. The number of nitrogens with zero attached hydrogens (tertiary/aromatic N) is 4. The number of H-pyrrole nitrogens is 1. The largest absolute Gasteiger partial charge is 0.366 e. The second-order valence-corrected chi connectivity index (χ2v) is 6.93. The second kappa shape index (κ2) is 7.70. The van der Waals surface area contributed by atoms with Crippen molar-refractivity contribution < 1.29 is 9.72 Å². The summed E-state index contributed by atoms with van der Waals surface area (Å²) in [6.45, 7) is 3.41. The standard InChI is InChI=1S/C20H20N6O3/c1-13-21-19(24-23-13)14-4-7-16(8-5-14)22-20(27)15-6-9-17(18(12-15)26(28)29)25-10-2-3-11-25/h4-9,12H,2-3,10-11H2,1H3,(H,22,27)(H,21,23,24). The molecule has 1 fully saturated rings. The molecule has 2 N–H and O–H groups in total. The van der Waals surface area contributed by atoms with Crippen molar-refractivity contribution in [3.8, 4) is 11.4 Å². The summed E-state index contributed by atoms with van der Waals surface area (Å²) in [6, 6.07) is 11.7. The molecule has 29 heavy (non-hydrogen) atoms. The molecule has 1 saturated heterocycles. The summed E-state index contributed by atoms with van der Waals surface area (Å²) in [5.74, 6) is 0.896. The average molecular weight is 392 g/mol. The zero-order chi connectivity index (χ0) is 20.4. The van der Waals surface area contributed by atoms with Crippen LogP contribution in [-0.2, 0) is 0 Å². The monoisotopic (exact) mass is 392 g/mol. The van der Waals surface area contributed by atoms with Gasteiger partial charge in [0.2, 0.25) is 0 Å². The summed E-state index contributed by atoms with van der Waals surface area (Å²) in [7, 11) is 0. The van der Waals surface area contributed by atoms with E-state index >= 15 is 0 Å². The number of carbonyl (C=O) groups excluding carboxylic acids is 1. The average Bonchev–Trinajstić information content (AvgIpc) is 3.40. The van der Waals surface area contributed by atoms with E-state index in [0.29, 0.717) is 17.2 Å². The first-order chi connectivity index (χ1) is 14.0. The van der Waals surface area contributed by atoms with Crippen LogP contribution in [0.25, 0.3) is 11.4 Å². The summed E-state index contributed by atoms with van der Waals surface area (Å²) < 4.78 is 0. The first-order valence-corrected chi connectivity index (χ1v) is 9.35. The Labute approximate surface area is 166 Å². The number of rotatable bonds is 5. The second-order valence-electron chi connectivity index (χ2n) is 6.93. The van der Waals surface area contributed by atoms with Gasteiger partial charge < -0.3 is 10.2 Å². The lowest BCUT2D eigenvalue weighted by Crippen LogP contribution is -2.19. The van der Waals surface area contributed by atoms with E-state index in [9.17, 15) is 14.9 Å². The van der Waals surface area contributed by atoms with Gasteiger partial charge in [-0.3, -0.25) is 20.0 Å². The molecule has 0 unspecified atom stereocenters. The van der Waals surface area contributed by atoms with Gasteiger partial charge in [-0.2, -0.15) is 5.10 Å². The quantitative estimate of drug-likeness (QED) is 0.507. The predicted molar refractivity (Wildman–Crippen MR) is 109 cm³/mol. The summed E-state index contributed by atoms with van der Waals surface area (Å²) in [6.07, 6.45) is 2.03. The molecule has 0 aliphatic carbocycles. The first kappa shape index (κ1) is 18.6. The van der Waals surface area contributed by atoms with E-state index in [1.807, 2.05) is 11.8 Å². The van der Waals surface area contributed by atoms with Gasteiger partial charge in [0.15, 0.2) is 5.82 Å². The van der Waals surface area contributed by atoms with Crippen molar-refractivity contribution in [3.63, 3.8) is 0 Å². The number of benzene rings is 2. The third kappa shape index (κ3) is 3.93. The van der Waals surface area contributed by atoms with Gasteiger partial charge in [0.25, 0.3) is 11.6 Å². The van der Waals surface area contributed by atoms with E-state index in [-0.39, 0.29) is 11.3 Å². The Morgan fingerprint density at radius 1 is 1.17 bits per heavy atom. The third-order valence-electron chi connectivity index (χ3n) is 4.88. The minimum absolute atomic E-state index is 0.0464. The van der Waals surface area contributed by atoms with Crippen molar-refractivity contribution in [2.75, 3.05) is 23.3 Å². The maximum Gasteiger partial charge on any atom is 0.293 e. The number of hydrogen-bond donors (Lipinski definition) is 2. The molecular formula is C20H20N6O3. The van der Waals surface area contributed by atoms with E-state index in [2.05, 4.69) is 20.5 Å². The van der Waals surface area contributed by atoms with Crippen LogP contribution in [0.5, 0.6) is 0 Å². The highest BCUT2D eigenvalue weighted by Gasteiger charge is 2.23. The number of anilines is 2. The van der Waals surface area contributed by atoms with E-state index in [0.717, 1.165) is 37.3 Å². The molecule has 0 atom stereocenters. The number of amides is 1. The lowest BCUT2D eigenvalue weighted by Gasteiger charge is -2.17. The molecule has 1 aliphatic rings. The van der Waals surface area contributed by atoms with Gasteiger partial charge in [-0.1, -0.05) is 0 Å². The van der Waals surface area contributed by atoms with Crippen molar-refractivity contribution in [1.29, 1.82) is 0 Å². The maximum absolute atomic E-state index is 12.6. The van der Waals surface area contributed by atoms with Gasteiger partial charge in [-0.25, -0.2) is 4.98 Å². The van der Waals surface area contributed by atoms with Crippen LogP contribution in [0.1, 0.15) is 29.0 Å². The molecule has 2 aromatic carbocycles. The SMILES string of the molecule is Cc1nc(-c2ccc(NC(=O)c3ccc(N4CCCC4)c([N+](=O)[O-])c3)cc2)n[nH]1. The molecule has 9 nitrogen and oxygen atoms in total. The summed E-state index contributed by atoms with van der Waals surface area (Å²) >= 11 is 0. The van der Waals surface area contributed by atoms with E-state index in [1.54, 1.807) is 36.4 Å². The number of aryl methyl sites for hydroxylation is 1. The molecule has 0 radical (unpaired) electrons. The number of nitro groups is 1. The van der Waals surface area contributed by atoms with Crippen LogP contribution in [-0.4, -0.2) is 39.1 Å². The van der Waals surface area contributed by atoms with E-state index in [4.69, 9.17) is 0 Å². The smallest absolute Gasteiger partial charge is 0.293 e.